The summed E-state index contributed by atoms with van der Waals surface area (Å²) >= 11 is 0. The number of pyridine rings is 2. The highest BCUT2D eigenvalue weighted by molar-refractivity contribution is 6.25. The molecule has 0 aliphatic rings. The molecule has 3 aromatic heterocycles. The number of benzene rings is 8. The zero-order chi connectivity index (χ0) is 37.9. The molecule has 11 rings (SSSR count). The minimum absolute atomic E-state index is 0.609. The highest BCUT2D eigenvalue weighted by atomic mass is 15.1. The smallest absolute Gasteiger partial charge is 0.188 e. The van der Waals surface area contributed by atoms with Crippen LogP contribution in [-0.2, 0) is 0 Å². The van der Waals surface area contributed by atoms with Gasteiger partial charge in [0.15, 0.2) is 5.69 Å². The Kier molecular flexibility index (Phi) is 7.52. The Morgan fingerprint density at radius 2 is 1.00 bits per heavy atom. The third-order valence-electron chi connectivity index (χ3n) is 11.3. The number of nitrogens with zero attached hydrogens (tertiary/aromatic N) is 4. The van der Waals surface area contributed by atoms with Crippen molar-refractivity contribution in [3.8, 4) is 50.3 Å². The number of hydrogen-bond donors (Lipinski definition) is 0. The highest BCUT2D eigenvalue weighted by Gasteiger charge is 2.22. The van der Waals surface area contributed by atoms with E-state index in [1.165, 1.54) is 16.7 Å². The summed E-state index contributed by atoms with van der Waals surface area (Å²) in [6.45, 7) is 7.87. The zero-order valence-electron chi connectivity index (χ0n) is 30.8. The van der Waals surface area contributed by atoms with Crippen LogP contribution in [-0.4, -0.2) is 14.5 Å². The minimum Gasteiger partial charge on any atom is -0.294 e. The first kappa shape index (κ1) is 32.6. The van der Waals surface area contributed by atoms with Crippen LogP contribution in [0.5, 0.6) is 0 Å². The Balaban J connectivity index is 1.29. The molecule has 0 aliphatic carbocycles. The van der Waals surface area contributed by atoms with E-state index < -0.39 is 0 Å². The van der Waals surface area contributed by atoms with Crippen LogP contribution < -0.4 is 0 Å². The van der Waals surface area contributed by atoms with Gasteiger partial charge in [0.25, 0.3) is 0 Å². The van der Waals surface area contributed by atoms with E-state index >= 15 is 0 Å². The van der Waals surface area contributed by atoms with Gasteiger partial charge in [-0.15, -0.1) is 0 Å². The lowest BCUT2D eigenvalue weighted by atomic mass is 9.83. The second kappa shape index (κ2) is 13.2. The number of fused-ring (bicyclic) bond motifs is 6. The Morgan fingerprint density at radius 1 is 0.404 bits per heavy atom. The van der Waals surface area contributed by atoms with E-state index in [1.807, 2.05) is 54.9 Å². The fourth-order valence-electron chi connectivity index (χ4n) is 8.72. The highest BCUT2D eigenvalue weighted by Crippen LogP contribution is 2.48. The molecule has 0 fully saturated rings. The van der Waals surface area contributed by atoms with E-state index in [9.17, 15) is 0 Å². The molecule has 0 N–H and O–H groups in total. The van der Waals surface area contributed by atoms with Crippen molar-refractivity contribution in [2.45, 2.75) is 0 Å². The summed E-state index contributed by atoms with van der Waals surface area (Å²) in [6.07, 6.45) is 3.72. The molecule has 4 heteroatoms. The molecule has 0 atom stereocenters. The first-order chi connectivity index (χ1) is 28.2. The van der Waals surface area contributed by atoms with Gasteiger partial charge in [0.1, 0.15) is 5.82 Å². The second-order valence-corrected chi connectivity index (χ2v) is 14.5. The van der Waals surface area contributed by atoms with Gasteiger partial charge in [-0.1, -0.05) is 127 Å². The van der Waals surface area contributed by atoms with Crippen molar-refractivity contribution in [1.29, 1.82) is 0 Å². The van der Waals surface area contributed by atoms with E-state index in [-0.39, 0.29) is 0 Å². The normalized spacial score (nSPS) is 11.5. The quantitative estimate of drug-likeness (QED) is 0.131. The zero-order valence-corrected chi connectivity index (χ0v) is 30.8. The van der Waals surface area contributed by atoms with Crippen molar-refractivity contribution in [3.05, 3.63) is 206 Å². The van der Waals surface area contributed by atoms with Crippen molar-refractivity contribution in [1.82, 2.24) is 14.5 Å². The van der Waals surface area contributed by atoms with Crippen molar-refractivity contribution in [2.75, 3.05) is 0 Å². The molecule has 0 aliphatic heterocycles. The number of para-hydroxylation sites is 1. The maximum Gasteiger partial charge on any atom is 0.188 e. The summed E-state index contributed by atoms with van der Waals surface area (Å²) in [4.78, 5) is 13.6. The molecule has 0 saturated heterocycles. The van der Waals surface area contributed by atoms with E-state index in [4.69, 9.17) is 16.5 Å². The van der Waals surface area contributed by atoms with Gasteiger partial charge >= 0.3 is 0 Å². The molecule has 0 unspecified atom stereocenters. The molecule has 0 bridgehead atoms. The van der Waals surface area contributed by atoms with E-state index in [0.29, 0.717) is 5.69 Å². The van der Waals surface area contributed by atoms with Crippen LogP contribution in [0.4, 0.5) is 5.69 Å². The summed E-state index contributed by atoms with van der Waals surface area (Å²) in [7, 11) is 0. The summed E-state index contributed by atoms with van der Waals surface area (Å²) in [5.74, 6) is 0.839. The van der Waals surface area contributed by atoms with Crippen LogP contribution in [0.3, 0.4) is 0 Å². The average molecular weight is 725 g/mol. The van der Waals surface area contributed by atoms with Gasteiger partial charge in [0.05, 0.1) is 23.1 Å². The standard InChI is InChI=1S/C53H32N4/c1-54-40-23-27-49-45(33-40)44-32-39(22-26-48(44)57(49)50-19-8-9-28-55-50)51-41-24-20-38(35-14-6-3-7-15-35)31-47(41)52(43-18-10-16-36-17-11-29-56-53(36)43)42-25-21-37(30-46(42)51)34-12-4-2-5-13-34/h2-33H. The van der Waals surface area contributed by atoms with Crippen molar-refractivity contribution < 1.29 is 0 Å². The van der Waals surface area contributed by atoms with Gasteiger partial charge in [-0.25, -0.2) is 9.83 Å². The molecule has 264 valence electrons. The van der Waals surface area contributed by atoms with Gasteiger partial charge < -0.3 is 0 Å². The predicted octanol–water partition coefficient (Wildman–Crippen LogP) is 14.3. The average Bonchev–Trinajstić information content (AvgIpc) is 3.61. The third-order valence-corrected chi connectivity index (χ3v) is 11.3. The Morgan fingerprint density at radius 3 is 1.70 bits per heavy atom. The maximum absolute atomic E-state index is 7.87. The predicted molar refractivity (Wildman–Crippen MR) is 237 cm³/mol. The lowest BCUT2D eigenvalue weighted by molar-refractivity contribution is 1.08. The van der Waals surface area contributed by atoms with Gasteiger partial charge in [-0.05, 0) is 120 Å². The van der Waals surface area contributed by atoms with E-state index in [1.54, 1.807) is 0 Å². The SMILES string of the molecule is [C-]#[N+]c1ccc2c(c1)c1cc(-c3c4cc(-c5ccccc5)ccc4c(-c4cccc5cccnc45)c4cc(-c5ccccc5)ccc34)ccc1n2-c1ccccn1. The number of aromatic nitrogens is 3. The van der Waals surface area contributed by atoms with Crippen LogP contribution in [0.15, 0.2) is 194 Å². The van der Waals surface area contributed by atoms with Gasteiger partial charge in [-0.3, -0.25) is 9.55 Å². The molecule has 3 heterocycles. The van der Waals surface area contributed by atoms with Crippen molar-refractivity contribution in [2.24, 2.45) is 0 Å². The lowest BCUT2D eigenvalue weighted by Crippen LogP contribution is -1.96. The van der Waals surface area contributed by atoms with Gasteiger partial charge in [-0.2, -0.15) is 0 Å². The van der Waals surface area contributed by atoms with Crippen molar-refractivity contribution in [3.63, 3.8) is 0 Å². The third kappa shape index (κ3) is 5.29. The van der Waals surface area contributed by atoms with Crippen LogP contribution >= 0.6 is 0 Å². The maximum atomic E-state index is 7.87. The molecule has 57 heavy (non-hydrogen) atoms. The summed E-state index contributed by atoms with van der Waals surface area (Å²) in [6, 6.07) is 64.5. The van der Waals surface area contributed by atoms with Gasteiger partial charge in [0.2, 0.25) is 0 Å². The minimum atomic E-state index is 0.609. The number of hydrogen-bond acceptors (Lipinski definition) is 2. The summed E-state index contributed by atoms with van der Waals surface area (Å²) < 4.78 is 2.20. The molecule has 4 nitrogen and oxygen atoms in total. The lowest BCUT2D eigenvalue weighted by Gasteiger charge is -2.20. The monoisotopic (exact) mass is 724 g/mol. The molecular weight excluding hydrogens is 693 g/mol. The molecule has 8 aromatic carbocycles. The molecule has 0 radical (unpaired) electrons. The number of rotatable bonds is 5. The van der Waals surface area contributed by atoms with Crippen LogP contribution in [0.25, 0.3) is 109 Å². The fourth-order valence-corrected chi connectivity index (χ4v) is 8.72. The molecule has 0 saturated carbocycles. The molecular formula is C53H32N4. The Labute approximate surface area is 329 Å². The van der Waals surface area contributed by atoms with E-state index in [0.717, 1.165) is 87.9 Å². The topological polar surface area (TPSA) is 35.1 Å². The van der Waals surface area contributed by atoms with Crippen LogP contribution in [0.2, 0.25) is 0 Å². The van der Waals surface area contributed by atoms with Gasteiger partial charge in [0, 0.05) is 28.7 Å². The Bertz CT molecular complexity index is 3390. The van der Waals surface area contributed by atoms with Crippen LogP contribution in [0.1, 0.15) is 0 Å². The van der Waals surface area contributed by atoms with Crippen molar-refractivity contribution >= 4 is 59.9 Å². The first-order valence-electron chi connectivity index (χ1n) is 19.1. The summed E-state index contributed by atoms with van der Waals surface area (Å²) in [5.41, 5.74) is 12.8. The first-order valence-corrected chi connectivity index (χ1v) is 19.1. The largest absolute Gasteiger partial charge is 0.294 e. The fraction of sp³-hybridized carbons (Fsp3) is 0. The summed E-state index contributed by atoms with van der Waals surface area (Å²) in [5, 5.41) is 7.84. The Hall–Kier alpha value is -7.87. The molecule has 0 spiro atoms. The van der Waals surface area contributed by atoms with E-state index in [2.05, 4.69) is 149 Å². The molecule has 0 amide bonds. The van der Waals surface area contributed by atoms with Crippen LogP contribution in [0, 0.1) is 6.57 Å². The second-order valence-electron chi connectivity index (χ2n) is 14.5. The molecule has 11 aromatic rings.